The number of hydrogen-bond donors (Lipinski definition) is 3. The predicted molar refractivity (Wildman–Crippen MR) is 144 cm³/mol. The molecule has 0 radical (unpaired) electrons. The largest absolute Gasteiger partial charge is 0.416 e. The molecule has 214 valence electrons. The molecule has 0 aromatic heterocycles. The van der Waals surface area contributed by atoms with Gasteiger partial charge in [-0.15, -0.1) is 0 Å². The molecule has 2 atom stereocenters. The van der Waals surface area contributed by atoms with E-state index in [2.05, 4.69) is 15.6 Å². The van der Waals surface area contributed by atoms with Crippen molar-refractivity contribution in [2.75, 3.05) is 18.5 Å². The van der Waals surface area contributed by atoms with Crippen LogP contribution in [0.5, 0.6) is 0 Å². The number of alkyl halides is 3. The molecule has 3 N–H and O–H groups in total. The quantitative estimate of drug-likeness (QED) is 0.482. The molecular formula is C29H33F3N4O4. The number of carbonyl (C=O) groups is 3. The number of carbonyl (C=O) groups excluding carboxylic acids is 3. The number of anilines is 1. The summed E-state index contributed by atoms with van der Waals surface area (Å²) in [7, 11) is 1.55. The monoisotopic (exact) mass is 558 g/mol. The third kappa shape index (κ3) is 5.89. The molecule has 1 saturated carbocycles. The molecule has 11 heteroatoms. The normalized spacial score (nSPS) is 19.5. The van der Waals surface area contributed by atoms with Gasteiger partial charge in [0.1, 0.15) is 6.10 Å². The Balaban J connectivity index is 1.67. The fourth-order valence-corrected chi connectivity index (χ4v) is 5.14. The Bertz CT molecular complexity index is 1300. The van der Waals surface area contributed by atoms with Gasteiger partial charge in [-0.3, -0.25) is 14.4 Å². The van der Waals surface area contributed by atoms with E-state index in [-0.39, 0.29) is 18.2 Å². The number of para-hydroxylation sites is 1. The number of aliphatic hydroxyl groups excluding tert-OH is 1. The van der Waals surface area contributed by atoms with E-state index in [1.807, 2.05) is 0 Å². The summed E-state index contributed by atoms with van der Waals surface area (Å²) in [6.45, 7) is 3.41. The number of aliphatic imine (C=N–C) groups is 1. The maximum atomic E-state index is 13.7. The van der Waals surface area contributed by atoms with Crippen LogP contribution in [0.1, 0.15) is 56.2 Å². The summed E-state index contributed by atoms with van der Waals surface area (Å²) in [5.41, 5.74) is -0.165. The molecule has 2 aliphatic rings. The van der Waals surface area contributed by atoms with Crippen molar-refractivity contribution >= 4 is 29.1 Å². The lowest BCUT2D eigenvalue weighted by atomic mass is 9.84. The Labute approximate surface area is 230 Å². The van der Waals surface area contributed by atoms with Crippen molar-refractivity contribution in [3.63, 3.8) is 0 Å². The van der Waals surface area contributed by atoms with Gasteiger partial charge >= 0.3 is 6.18 Å². The first-order chi connectivity index (χ1) is 18.8. The molecule has 8 nitrogen and oxygen atoms in total. The molecule has 2 unspecified atom stereocenters. The van der Waals surface area contributed by atoms with Gasteiger partial charge in [-0.2, -0.15) is 13.2 Å². The number of fused-ring (bicyclic) bond motifs is 1. The van der Waals surface area contributed by atoms with E-state index in [0.29, 0.717) is 29.7 Å². The minimum Gasteiger partial charge on any atom is -0.383 e. The third-order valence-corrected chi connectivity index (χ3v) is 7.64. The van der Waals surface area contributed by atoms with Crippen molar-refractivity contribution in [3.05, 3.63) is 65.2 Å². The van der Waals surface area contributed by atoms with Gasteiger partial charge in [-0.1, -0.05) is 57.0 Å². The molecule has 2 aromatic carbocycles. The fourth-order valence-electron chi connectivity index (χ4n) is 5.14. The molecule has 1 heterocycles. The lowest BCUT2D eigenvalue weighted by Gasteiger charge is -2.30. The number of benzodiazepines with no additional fused rings is 1. The van der Waals surface area contributed by atoms with Crippen LogP contribution in [0.3, 0.4) is 0 Å². The average Bonchev–Trinajstić information content (AvgIpc) is 3.39. The van der Waals surface area contributed by atoms with Gasteiger partial charge in [0.25, 0.3) is 5.91 Å². The topological polar surface area (TPSA) is 111 Å². The van der Waals surface area contributed by atoms with Crippen molar-refractivity contribution in [3.8, 4) is 0 Å². The number of amides is 3. The van der Waals surface area contributed by atoms with Crippen molar-refractivity contribution < 1.29 is 32.7 Å². The minimum absolute atomic E-state index is 0.00605. The second kappa shape index (κ2) is 11.4. The first-order valence-electron chi connectivity index (χ1n) is 13.2. The highest BCUT2D eigenvalue weighted by Crippen LogP contribution is 2.38. The van der Waals surface area contributed by atoms with Crippen LogP contribution in [0, 0.1) is 11.3 Å². The summed E-state index contributed by atoms with van der Waals surface area (Å²) < 4.78 is 39.6. The van der Waals surface area contributed by atoms with Crippen LogP contribution in [0.2, 0.25) is 0 Å². The zero-order valence-corrected chi connectivity index (χ0v) is 22.6. The van der Waals surface area contributed by atoms with Gasteiger partial charge in [-0.05, 0) is 37.0 Å². The number of rotatable bonds is 7. The number of nitrogens with zero attached hydrogens (tertiary/aromatic N) is 2. The standard InChI is InChI=1S/C29H33F3N4O4/c1-17(2)23(37)25(38)33-16-28(14-6-7-15-28)27(40)35-24-26(39)36(3)21-9-5-4-8-20(21)22(34-24)18-10-12-19(13-11-18)29(30,31)32/h4-5,8-13,17,23-24,37H,6-7,14-16H2,1-3H3,(H,33,38)(H,35,40). The Hall–Kier alpha value is -3.73. The molecule has 3 amide bonds. The first kappa shape index (κ1) is 29.3. The van der Waals surface area contributed by atoms with Crippen molar-refractivity contribution in [2.45, 2.75) is 58.0 Å². The first-order valence-corrected chi connectivity index (χ1v) is 13.2. The minimum atomic E-state index is -4.51. The predicted octanol–water partition coefficient (Wildman–Crippen LogP) is 3.66. The molecule has 1 fully saturated rings. The van der Waals surface area contributed by atoms with Gasteiger partial charge in [0.2, 0.25) is 18.0 Å². The number of halogens is 3. The van der Waals surface area contributed by atoms with Crippen LogP contribution in [0.25, 0.3) is 0 Å². The molecule has 0 bridgehead atoms. The molecule has 0 saturated heterocycles. The molecular weight excluding hydrogens is 525 g/mol. The van der Waals surface area contributed by atoms with E-state index in [0.717, 1.165) is 25.0 Å². The lowest BCUT2D eigenvalue weighted by molar-refractivity contribution is -0.138. The molecule has 40 heavy (non-hydrogen) atoms. The van der Waals surface area contributed by atoms with Gasteiger partial charge in [-0.25, -0.2) is 4.99 Å². The second-order valence-electron chi connectivity index (χ2n) is 10.7. The van der Waals surface area contributed by atoms with Gasteiger partial charge < -0.3 is 20.6 Å². The number of aliphatic hydroxyl groups is 1. The SMILES string of the molecule is CC(C)C(O)C(=O)NCC1(C(=O)NC2N=C(c3ccc(C(F)(F)F)cc3)c3ccccc3N(C)C2=O)CCCC1. The highest BCUT2D eigenvalue weighted by Gasteiger charge is 2.44. The summed E-state index contributed by atoms with van der Waals surface area (Å²) in [6, 6.07) is 11.4. The molecule has 1 aliphatic heterocycles. The van der Waals surface area contributed by atoms with Crippen molar-refractivity contribution in [1.29, 1.82) is 0 Å². The van der Waals surface area contributed by atoms with E-state index >= 15 is 0 Å². The summed E-state index contributed by atoms with van der Waals surface area (Å²) in [6.07, 6.45) is -4.62. The number of benzene rings is 2. The third-order valence-electron chi connectivity index (χ3n) is 7.64. The van der Waals surface area contributed by atoms with Gasteiger partial charge in [0, 0.05) is 24.7 Å². The molecule has 4 rings (SSSR count). The van der Waals surface area contributed by atoms with E-state index in [9.17, 15) is 32.7 Å². The van der Waals surface area contributed by atoms with Crippen LogP contribution in [-0.2, 0) is 20.6 Å². The highest BCUT2D eigenvalue weighted by molar-refractivity contribution is 6.20. The Kier molecular flexibility index (Phi) is 8.34. The molecule has 1 aliphatic carbocycles. The van der Waals surface area contributed by atoms with Crippen LogP contribution in [-0.4, -0.2) is 54.4 Å². The zero-order chi connectivity index (χ0) is 29.2. The number of likely N-dealkylation sites (N-methyl/N-ethyl adjacent to an activating group) is 1. The van der Waals surface area contributed by atoms with Crippen LogP contribution >= 0.6 is 0 Å². The number of nitrogens with one attached hydrogen (secondary N) is 2. The highest BCUT2D eigenvalue weighted by atomic mass is 19.4. The van der Waals surface area contributed by atoms with E-state index in [1.54, 1.807) is 45.2 Å². The van der Waals surface area contributed by atoms with Crippen LogP contribution in [0.4, 0.5) is 18.9 Å². The van der Waals surface area contributed by atoms with E-state index < -0.39 is 47.1 Å². The van der Waals surface area contributed by atoms with Crippen molar-refractivity contribution in [1.82, 2.24) is 10.6 Å². The average molecular weight is 559 g/mol. The van der Waals surface area contributed by atoms with E-state index in [4.69, 9.17) is 0 Å². The summed E-state index contributed by atoms with van der Waals surface area (Å²) in [4.78, 5) is 45.6. The summed E-state index contributed by atoms with van der Waals surface area (Å²) >= 11 is 0. The lowest BCUT2D eigenvalue weighted by Crippen LogP contribution is -2.54. The van der Waals surface area contributed by atoms with Crippen molar-refractivity contribution in [2.24, 2.45) is 16.3 Å². The van der Waals surface area contributed by atoms with Gasteiger partial charge in [0.05, 0.1) is 22.4 Å². The maximum Gasteiger partial charge on any atom is 0.416 e. The zero-order valence-electron chi connectivity index (χ0n) is 22.6. The smallest absolute Gasteiger partial charge is 0.383 e. The molecule has 2 aromatic rings. The Morgan fingerprint density at radius 3 is 2.33 bits per heavy atom. The van der Waals surface area contributed by atoms with E-state index in [1.165, 1.54) is 17.0 Å². The summed E-state index contributed by atoms with van der Waals surface area (Å²) in [5.74, 6) is -1.85. The second-order valence-corrected chi connectivity index (χ2v) is 10.7. The molecule has 0 spiro atoms. The van der Waals surface area contributed by atoms with Crippen LogP contribution in [0.15, 0.2) is 53.5 Å². The maximum absolute atomic E-state index is 13.7. The Morgan fingerprint density at radius 1 is 1.10 bits per heavy atom. The number of hydrogen-bond acceptors (Lipinski definition) is 5. The summed E-state index contributed by atoms with van der Waals surface area (Å²) in [5, 5.41) is 15.5. The van der Waals surface area contributed by atoms with Gasteiger partial charge in [0.15, 0.2) is 0 Å². The fraction of sp³-hybridized carbons (Fsp3) is 0.448. The van der Waals surface area contributed by atoms with Crippen LogP contribution < -0.4 is 15.5 Å². The Morgan fingerprint density at radius 2 is 1.73 bits per heavy atom.